The summed E-state index contributed by atoms with van der Waals surface area (Å²) >= 11 is 0. The summed E-state index contributed by atoms with van der Waals surface area (Å²) in [6.45, 7) is 1.35. The minimum atomic E-state index is -3.87. The minimum absolute atomic E-state index is 0.0311. The van der Waals surface area contributed by atoms with E-state index in [0.717, 1.165) is 0 Å². The fraction of sp³-hybridized carbons (Fsp3) is 0.0588. The van der Waals surface area contributed by atoms with Crippen LogP contribution in [0, 0.1) is 10.1 Å². The van der Waals surface area contributed by atoms with E-state index in [1.807, 2.05) is 4.83 Å². The molecule has 10 heteroatoms. The highest BCUT2D eigenvalue weighted by Gasteiger charge is 2.12. The standard InChI is InChI=1S/C17H16N4O5S/c1-13(22)19-15-8-10-16(11-9-15)27(25,26)20-18-12-4-6-14-5-2-3-7-17(14)21(23)24/h2-12,20H,1H3,(H,19,22)/b6-4-,18-12-. The summed E-state index contributed by atoms with van der Waals surface area (Å²) in [5, 5.41) is 17.0. The second kappa shape index (κ2) is 8.72. The van der Waals surface area contributed by atoms with Crippen molar-refractivity contribution in [2.24, 2.45) is 5.10 Å². The van der Waals surface area contributed by atoms with Crippen LogP contribution in [0.25, 0.3) is 6.08 Å². The van der Waals surface area contributed by atoms with Gasteiger partial charge in [0.15, 0.2) is 0 Å². The molecule has 27 heavy (non-hydrogen) atoms. The third-order valence-electron chi connectivity index (χ3n) is 3.23. The van der Waals surface area contributed by atoms with Crippen molar-refractivity contribution in [3.05, 3.63) is 70.3 Å². The fourth-order valence-corrected chi connectivity index (χ4v) is 2.86. The molecule has 0 radical (unpaired) electrons. The van der Waals surface area contributed by atoms with Gasteiger partial charge in [0, 0.05) is 24.9 Å². The predicted octanol–water partition coefficient (Wildman–Crippen LogP) is 2.53. The molecule has 140 valence electrons. The summed E-state index contributed by atoms with van der Waals surface area (Å²) in [6.07, 6.45) is 3.99. The van der Waals surface area contributed by atoms with Gasteiger partial charge in [-0.3, -0.25) is 14.9 Å². The van der Waals surface area contributed by atoms with Gasteiger partial charge < -0.3 is 5.32 Å². The summed E-state index contributed by atoms with van der Waals surface area (Å²) < 4.78 is 24.2. The van der Waals surface area contributed by atoms with Crippen LogP contribution < -0.4 is 10.1 Å². The van der Waals surface area contributed by atoms with Crippen molar-refractivity contribution >= 4 is 39.6 Å². The molecule has 0 saturated carbocycles. The quantitative estimate of drug-likeness (QED) is 0.427. The first kappa shape index (κ1) is 19.8. The maximum Gasteiger partial charge on any atom is 0.276 e. The van der Waals surface area contributed by atoms with Gasteiger partial charge in [0.05, 0.1) is 15.4 Å². The number of para-hydroxylation sites is 1. The number of hydrazone groups is 1. The van der Waals surface area contributed by atoms with Crippen LogP contribution in [0.1, 0.15) is 12.5 Å². The van der Waals surface area contributed by atoms with Crippen LogP contribution in [-0.2, 0) is 14.8 Å². The molecule has 0 atom stereocenters. The van der Waals surface area contributed by atoms with Gasteiger partial charge in [-0.25, -0.2) is 4.83 Å². The first-order valence-corrected chi connectivity index (χ1v) is 9.10. The summed E-state index contributed by atoms with van der Waals surface area (Å²) in [5.41, 5.74) is 0.768. The number of rotatable bonds is 7. The van der Waals surface area contributed by atoms with Crippen molar-refractivity contribution < 1.29 is 18.1 Å². The van der Waals surface area contributed by atoms with Crippen LogP contribution in [0.15, 0.2) is 64.6 Å². The van der Waals surface area contributed by atoms with E-state index in [2.05, 4.69) is 10.4 Å². The maximum atomic E-state index is 12.1. The fourth-order valence-electron chi connectivity index (χ4n) is 2.06. The SMILES string of the molecule is CC(=O)Nc1ccc(S(=O)(=O)N/N=C\C=C/c2ccccc2[N+](=O)[O-])cc1. The van der Waals surface area contributed by atoms with Gasteiger partial charge in [0.25, 0.3) is 15.7 Å². The Hall–Kier alpha value is -3.53. The molecular weight excluding hydrogens is 372 g/mol. The first-order chi connectivity index (χ1) is 12.8. The van der Waals surface area contributed by atoms with E-state index in [0.29, 0.717) is 11.3 Å². The molecule has 0 aliphatic rings. The summed E-state index contributed by atoms with van der Waals surface area (Å²) in [7, 11) is -3.87. The number of amides is 1. The van der Waals surface area contributed by atoms with Crippen molar-refractivity contribution in [2.75, 3.05) is 5.32 Å². The third kappa shape index (κ3) is 5.75. The normalized spacial score (nSPS) is 11.6. The van der Waals surface area contributed by atoms with E-state index in [9.17, 15) is 23.3 Å². The number of carbonyl (C=O) groups is 1. The predicted molar refractivity (Wildman–Crippen MR) is 102 cm³/mol. The summed E-state index contributed by atoms with van der Waals surface area (Å²) in [6, 6.07) is 11.7. The monoisotopic (exact) mass is 388 g/mol. The molecule has 2 aromatic carbocycles. The lowest BCUT2D eigenvalue weighted by Crippen LogP contribution is -2.18. The van der Waals surface area contributed by atoms with E-state index >= 15 is 0 Å². The Kier molecular flexibility index (Phi) is 6.39. The molecule has 0 aliphatic heterocycles. The lowest BCUT2D eigenvalue weighted by atomic mass is 10.2. The largest absolute Gasteiger partial charge is 0.326 e. The molecule has 2 rings (SSSR count). The van der Waals surface area contributed by atoms with Crippen molar-refractivity contribution in [1.29, 1.82) is 0 Å². The Morgan fingerprint density at radius 1 is 1.15 bits per heavy atom. The Bertz CT molecular complexity index is 998. The number of nitrogens with one attached hydrogen (secondary N) is 2. The average molecular weight is 388 g/mol. The highest BCUT2D eigenvalue weighted by atomic mass is 32.2. The van der Waals surface area contributed by atoms with Crippen LogP contribution in [0.5, 0.6) is 0 Å². The van der Waals surface area contributed by atoms with Crippen molar-refractivity contribution in [3.8, 4) is 0 Å². The number of anilines is 1. The van der Waals surface area contributed by atoms with Crippen molar-refractivity contribution in [1.82, 2.24) is 4.83 Å². The molecule has 2 N–H and O–H groups in total. The van der Waals surface area contributed by atoms with Gasteiger partial charge in [-0.15, -0.1) is 0 Å². The lowest BCUT2D eigenvalue weighted by Gasteiger charge is -2.05. The van der Waals surface area contributed by atoms with Gasteiger partial charge in [-0.05, 0) is 42.5 Å². The molecular formula is C17H16N4O5S. The van der Waals surface area contributed by atoms with E-state index in [-0.39, 0.29) is 16.5 Å². The second-order valence-electron chi connectivity index (χ2n) is 5.25. The Labute approximate surface area is 155 Å². The van der Waals surface area contributed by atoms with E-state index in [1.165, 1.54) is 55.6 Å². The van der Waals surface area contributed by atoms with Crippen LogP contribution in [0.4, 0.5) is 11.4 Å². The summed E-state index contributed by atoms with van der Waals surface area (Å²) in [5.74, 6) is -0.265. The molecule has 0 bridgehead atoms. The third-order valence-corrected chi connectivity index (χ3v) is 4.47. The highest BCUT2D eigenvalue weighted by Crippen LogP contribution is 2.18. The van der Waals surface area contributed by atoms with Crippen molar-refractivity contribution in [3.63, 3.8) is 0 Å². The zero-order chi connectivity index (χ0) is 19.9. The Balaban J connectivity index is 2.02. The molecule has 1 amide bonds. The Morgan fingerprint density at radius 3 is 2.44 bits per heavy atom. The van der Waals surface area contributed by atoms with E-state index < -0.39 is 14.9 Å². The van der Waals surface area contributed by atoms with Crippen LogP contribution in [0.2, 0.25) is 0 Å². The number of hydrogen-bond donors (Lipinski definition) is 2. The number of carbonyl (C=O) groups excluding carboxylic acids is 1. The lowest BCUT2D eigenvalue weighted by molar-refractivity contribution is -0.385. The number of nitrogens with zero attached hydrogens (tertiary/aromatic N) is 2. The second-order valence-corrected chi connectivity index (χ2v) is 6.91. The number of nitro benzene ring substituents is 1. The minimum Gasteiger partial charge on any atom is -0.326 e. The highest BCUT2D eigenvalue weighted by molar-refractivity contribution is 7.89. The van der Waals surface area contributed by atoms with Crippen molar-refractivity contribution in [2.45, 2.75) is 11.8 Å². The number of nitro groups is 1. The number of benzene rings is 2. The first-order valence-electron chi connectivity index (χ1n) is 7.62. The van der Waals surface area contributed by atoms with Gasteiger partial charge in [0.2, 0.25) is 5.91 Å². The molecule has 0 aliphatic carbocycles. The van der Waals surface area contributed by atoms with Gasteiger partial charge in [-0.2, -0.15) is 13.5 Å². The summed E-state index contributed by atoms with van der Waals surface area (Å²) in [4.78, 5) is 23.3. The van der Waals surface area contributed by atoms with Crippen LogP contribution >= 0.6 is 0 Å². The zero-order valence-corrected chi connectivity index (χ0v) is 15.0. The maximum absolute atomic E-state index is 12.1. The van der Waals surface area contributed by atoms with Crippen LogP contribution in [0.3, 0.4) is 0 Å². The number of hydrogen-bond acceptors (Lipinski definition) is 6. The average Bonchev–Trinajstić information content (AvgIpc) is 2.61. The molecule has 0 aromatic heterocycles. The smallest absolute Gasteiger partial charge is 0.276 e. The molecule has 0 spiro atoms. The van der Waals surface area contributed by atoms with Crippen LogP contribution in [-0.4, -0.2) is 25.5 Å². The molecule has 9 nitrogen and oxygen atoms in total. The molecule has 0 fully saturated rings. The molecule has 0 unspecified atom stereocenters. The van der Waals surface area contributed by atoms with Gasteiger partial charge >= 0.3 is 0 Å². The van der Waals surface area contributed by atoms with E-state index in [1.54, 1.807) is 18.2 Å². The molecule has 2 aromatic rings. The molecule has 0 heterocycles. The Morgan fingerprint density at radius 2 is 1.81 bits per heavy atom. The van der Waals surface area contributed by atoms with Gasteiger partial charge in [0.1, 0.15) is 0 Å². The zero-order valence-electron chi connectivity index (χ0n) is 14.2. The number of sulfonamides is 1. The topological polar surface area (TPSA) is 131 Å². The molecule has 0 saturated heterocycles. The van der Waals surface area contributed by atoms with Gasteiger partial charge in [-0.1, -0.05) is 12.1 Å². The van der Waals surface area contributed by atoms with E-state index in [4.69, 9.17) is 0 Å². The number of allylic oxidation sites excluding steroid dienone is 1.